The van der Waals surface area contributed by atoms with Gasteiger partial charge in [-0.25, -0.2) is 4.79 Å². The number of methoxy groups -OCH3 is 1. The van der Waals surface area contributed by atoms with Crippen LogP contribution in [0, 0.1) is 6.92 Å². The molecule has 5 N–H and O–H groups in total. The number of rotatable bonds is 16. The van der Waals surface area contributed by atoms with Crippen molar-refractivity contribution in [1.29, 1.82) is 0 Å². The number of nitrogens with zero attached hydrogens (tertiary/aromatic N) is 2. The molecule has 3 aromatic rings. The molecule has 0 aliphatic rings. The molecule has 0 aromatic heterocycles. The molecule has 0 unspecified atom stereocenters. The number of amides is 2. The lowest BCUT2D eigenvalue weighted by Gasteiger charge is -2.12. The van der Waals surface area contributed by atoms with E-state index in [2.05, 4.69) is 31.7 Å². The number of carbonyl (C=O) groups is 7. The van der Waals surface area contributed by atoms with Gasteiger partial charge in [0.1, 0.15) is 13.2 Å². The number of nitrogens with one attached hydrogen (secondary N) is 4. The highest BCUT2D eigenvalue weighted by Gasteiger charge is 2.21. The molecule has 2 amide bonds. The van der Waals surface area contributed by atoms with Crippen LogP contribution in [0.2, 0.25) is 0 Å². The summed E-state index contributed by atoms with van der Waals surface area (Å²) in [6.45, 7) is 3.40. The summed E-state index contributed by atoms with van der Waals surface area (Å²) in [5.41, 5.74) is 6.11. The summed E-state index contributed by atoms with van der Waals surface area (Å²) in [4.78, 5) is 85.2. The highest BCUT2D eigenvalue weighted by molar-refractivity contribution is 6.67. The van der Waals surface area contributed by atoms with Gasteiger partial charge >= 0.3 is 5.97 Å². The summed E-state index contributed by atoms with van der Waals surface area (Å²) < 4.78 is 9.48. The van der Waals surface area contributed by atoms with Crippen LogP contribution in [0.3, 0.4) is 0 Å². The lowest BCUT2D eigenvalue weighted by Crippen LogP contribution is -2.30. The number of benzene rings is 3. The number of Topliss-reactive ketones (excluding diaryl/α,β-unsaturated/α-hetero) is 3. The predicted molar refractivity (Wildman–Crippen MR) is 178 cm³/mol. The molecule has 0 radical (unpaired) electrons. The lowest BCUT2D eigenvalue weighted by atomic mass is 10.1. The van der Waals surface area contributed by atoms with Crippen molar-refractivity contribution in [3.63, 3.8) is 0 Å². The molecular weight excluding hydrogens is 640 g/mol. The smallest absolute Gasteiger partial charge is 0.340 e. The maximum absolute atomic E-state index is 13.0. The van der Waals surface area contributed by atoms with Crippen molar-refractivity contribution in [3.05, 3.63) is 82.9 Å². The molecule has 16 heteroatoms. The monoisotopic (exact) mass is 672 g/mol. The predicted octanol–water partition coefficient (Wildman–Crippen LogP) is 2.62. The number of aliphatic hydroxyl groups excluding tert-OH is 1. The van der Waals surface area contributed by atoms with Gasteiger partial charge in [-0.3, -0.25) is 39.6 Å². The molecule has 0 fully saturated rings. The maximum Gasteiger partial charge on any atom is 0.340 e. The SMILES string of the molecule is COC(=O)c1ccc(COC=O)cc1N/N=C(/C(C)=O)C(=O)Nc1ccc(NC(=O)/C(=N\Nc2cc(C)ccc2C(=O)CO)C(C)=O)cc1. The molecule has 3 aromatic carbocycles. The second-order valence-corrected chi connectivity index (χ2v) is 10.2. The fourth-order valence-corrected chi connectivity index (χ4v) is 4.10. The van der Waals surface area contributed by atoms with Crippen LogP contribution in [0.25, 0.3) is 0 Å². The summed E-state index contributed by atoms with van der Waals surface area (Å²) in [5.74, 6) is -4.47. The molecule has 0 atom stereocenters. The van der Waals surface area contributed by atoms with E-state index in [1.807, 2.05) is 0 Å². The minimum absolute atomic E-state index is 0.0347. The van der Waals surface area contributed by atoms with E-state index in [9.17, 15) is 38.7 Å². The van der Waals surface area contributed by atoms with Crippen molar-refractivity contribution < 1.29 is 48.1 Å². The van der Waals surface area contributed by atoms with Crippen molar-refractivity contribution in [3.8, 4) is 0 Å². The van der Waals surface area contributed by atoms with Gasteiger partial charge in [-0.2, -0.15) is 10.2 Å². The molecule has 0 aliphatic heterocycles. The van der Waals surface area contributed by atoms with E-state index in [0.29, 0.717) is 5.56 Å². The Morgan fingerprint density at radius 2 is 1.27 bits per heavy atom. The molecule has 0 spiro atoms. The van der Waals surface area contributed by atoms with Gasteiger partial charge in [0.2, 0.25) is 0 Å². The van der Waals surface area contributed by atoms with Crippen LogP contribution in [-0.2, 0) is 40.1 Å². The van der Waals surface area contributed by atoms with Crippen molar-refractivity contribution >= 4 is 75.8 Å². The van der Waals surface area contributed by atoms with E-state index in [-0.39, 0.29) is 47.0 Å². The molecule has 0 aliphatic carbocycles. The van der Waals surface area contributed by atoms with E-state index in [4.69, 9.17) is 9.47 Å². The van der Waals surface area contributed by atoms with Crippen molar-refractivity contribution in [2.45, 2.75) is 27.4 Å². The Kier molecular flexibility index (Phi) is 13.1. The van der Waals surface area contributed by atoms with Gasteiger partial charge in [-0.05, 0) is 66.6 Å². The van der Waals surface area contributed by atoms with Crippen LogP contribution in [0.4, 0.5) is 22.7 Å². The number of anilines is 4. The highest BCUT2D eigenvalue weighted by atomic mass is 16.5. The van der Waals surface area contributed by atoms with Crippen molar-refractivity contribution in [2.24, 2.45) is 10.2 Å². The summed E-state index contributed by atoms with van der Waals surface area (Å²) in [5, 5.41) is 22.1. The molecule has 16 nitrogen and oxygen atoms in total. The fraction of sp³-hybridized carbons (Fsp3) is 0.182. The molecule has 3 rings (SSSR count). The topological polar surface area (TPSA) is 231 Å². The quantitative estimate of drug-likeness (QED) is 0.0369. The first kappa shape index (κ1) is 36.9. The Morgan fingerprint density at radius 3 is 1.73 bits per heavy atom. The standard InChI is InChI=1S/C33H32N6O10/c1-18-5-11-24(28(44)15-40)26(13-18)36-38-29(19(2)42)31(45)34-22-7-9-23(10-8-22)35-32(46)30(20(3)43)39-37-27-14-21(16-49-17-41)6-12-25(27)33(47)48-4/h5-14,17,36-37,40H,15-16H2,1-4H3,(H,34,45)(H,35,46)/b38-29-,39-30-. The van der Waals surface area contributed by atoms with Crippen molar-refractivity contribution in [2.75, 3.05) is 35.2 Å². The minimum atomic E-state index is -0.899. The molecule has 49 heavy (non-hydrogen) atoms. The van der Waals surface area contributed by atoms with Gasteiger partial charge in [0.05, 0.1) is 24.0 Å². The van der Waals surface area contributed by atoms with Gasteiger partial charge in [0.15, 0.2) is 28.8 Å². The zero-order chi connectivity index (χ0) is 36.1. The number of aliphatic hydroxyl groups is 1. The maximum atomic E-state index is 13.0. The first-order chi connectivity index (χ1) is 23.4. The number of aryl methyl sites for hydroxylation is 1. The third kappa shape index (κ3) is 10.2. The summed E-state index contributed by atoms with van der Waals surface area (Å²) in [7, 11) is 1.17. The Hall–Kier alpha value is -6.55. The van der Waals surface area contributed by atoms with E-state index in [0.717, 1.165) is 19.4 Å². The van der Waals surface area contributed by atoms with E-state index < -0.39 is 53.2 Å². The first-order valence-electron chi connectivity index (χ1n) is 14.3. The second kappa shape index (κ2) is 17.4. The number of hydrazone groups is 2. The van der Waals surface area contributed by atoms with Crippen molar-refractivity contribution in [1.82, 2.24) is 0 Å². The third-order valence-corrected chi connectivity index (χ3v) is 6.50. The van der Waals surface area contributed by atoms with Gasteiger partial charge in [-0.1, -0.05) is 12.1 Å². The average Bonchev–Trinajstić information content (AvgIpc) is 3.07. The zero-order valence-electron chi connectivity index (χ0n) is 26.8. The molecular formula is C33H32N6O10. The summed E-state index contributed by atoms with van der Waals surface area (Å²) in [6, 6.07) is 14.7. The van der Waals surface area contributed by atoms with Gasteiger partial charge < -0.3 is 25.2 Å². The number of ether oxygens (including phenoxy) is 2. The Bertz CT molecular complexity index is 1850. The van der Waals surface area contributed by atoms with Gasteiger partial charge in [0.25, 0.3) is 18.3 Å². The first-order valence-corrected chi connectivity index (χ1v) is 14.3. The molecule has 0 saturated heterocycles. The Labute approximate surface area is 279 Å². The molecule has 254 valence electrons. The number of hydrogen-bond acceptors (Lipinski definition) is 14. The Balaban J connectivity index is 1.74. The highest BCUT2D eigenvalue weighted by Crippen LogP contribution is 2.21. The van der Waals surface area contributed by atoms with Crippen LogP contribution in [0.1, 0.15) is 45.7 Å². The van der Waals surface area contributed by atoms with Crippen LogP contribution in [0.15, 0.2) is 70.9 Å². The third-order valence-electron chi connectivity index (χ3n) is 6.50. The zero-order valence-corrected chi connectivity index (χ0v) is 26.8. The largest absolute Gasteiger partial charge is 0.465 e. The van der Waals surface area contributed by atoms with Crippen LogP contribution in [-0.4, -0.2) is 71.9 Å². The van der Waals surface area contributed by atoms with E-state index in [1.165, 1.54) is 55.6 Å². The number of ketones is 3. The normalized spacial score (nSPS) is 11.1. The summed E-state index contributed by atoms with van der Waals surface area (Å²) >= 11 is 0. The van der Waals surface area contributed by atoms with Crippen LogP contribution in [0.5, 0.6) is 0 Å². The lowest BCUT2D eigenvalue weighted by molar-refractivity contribution is -0.129. The molecule has 0 bridgehead atoms. The number of hydrogen-bond donors (Lipinski definition) is 5. The van der Waals surface area contributed by atoms with Gasteiger partial charge in [0, 0.05) is 30.8 Å². The summed E-state index contributed by atoms with van der Waals surface area (Å²) in [6.07, 6.45) is 0. The average molecular weight is 673 g/mol. The number of carbonyl (C=O) groups excluding carboxylic acids is 7. The van der Waals surface area contributed by atoms with Crippen LogP contribution >= 0.6 is 0 Å². The number of esters is 1. The van der Waals surface area contributed by atoms with E-state index >= 15 is 0 Å². The fourth-order valence-electron chi connectivity index (χ4n) is 4.10. The minimum Gasteiger partial charge on any atom is -0.465 e. The Morgan fingerprint density at radius 1 is 0.755 bits per heavy atom. The molecule has 0 heterocycles. The van der Waals surface area contributed by atoms with Crippen LogP contribution < -0.4 is 21.5 Å². The molecule has 0 saturated carbocycles. The second-order valence-electron chi connectivity index (χ2n) is 10.2. The van der Waals surface area contributed by atoms with E-state index in [1.54, 1.807) is 19.1 Å². The van der Waals surface area contributed by atoms with Gasteiger partial charge in [-0.15, -0.1) is 0 Å².